The van der Waals surface area contributed by atoms with Gasteiger partial charge in [0.1, 0.15) is 5.82 Å². The van der Waals surface area contributed by atoms with Gasteiger partial charge in [-0.15, -0.1) is 0 Å². The summed E-state index contributed by atoms with van der Waals surface area (Å²) in [7, 11) is 5.55. The number of methoxy groups -OCH3 is 1. The van der Waals surface area contributed by atoms with E-state index in [2.05, 4.69) is 15.6 Å². The summed E-state index contributed by atoms with van der Waals surface area (Å²) in [5.41, 5.74) is 1.99. The SMILES string of the molecule is COCCNCC(=O)NCc1cc(N(C)C)nc2ccccc12. The number of pyridine rings is 1. The average Bonchev–Trinajstić information content (AvgIpc) is 2.56. The molecule has 0 unspecified atom stereocenters. The summed E-state index contributed by atoms with van der Waals surface area (Å²) in [5.74, 6) is 0.847. The largest absolute Gasteiger partial charge is 0.383 e. The normalized spacial score (nSPS) is 10.7. The quantitative estimate of drug-likeness (QED) is 0.715. The first-order valence-electron chi connectivity index (χ1n) is 7.64. The van der Waals surface area contributed by atoms with Crippen molar-refractivity contribution in [3.05, 3.63) is 35.9 Å². The minimum absolute atomic E-state index is 0.0339. The monoisotopic (exact) mass is 316 g/mol. The van der Waals surface area contributed by atoms with E-state index in [1.807, 2.05) is 49.3 Å². The molecule has 124 valence electrons. The van der Waals surface area contributed by atoms with E-state index in [-0.39, 0.29) is 12.5 Å². The lowest BCUT2D eigenvalue weighted by Gasteiger charge is -2.15. The standard InChI is InChI=1S/C17H24N4O2/c1-21(2)16-10-13(14-6-4-5-7-15(14)20-16)11-19-17(22)12-18-8-9-23-3/h4-7,10,18H,8-9,11-12H2,1-3H3,(H,19,22). The van der Waals surface area contributed by atoms with Gasteiger partial charge in [-0.3, -0.25) is 4.79 Å². The van der Waals surface area contributed by atoms with E-state index >= 15 is 0 Å². The first-order chi connectivity index (χ1) is 11.1. The van der Waals surface area contributed by atoms with Gasteiger partial charge in [0, 0.05) is 39.7 Å². The average molecular weight is 316 g/mol. The van der Waals surface area contributed by atoms with Crippen LogP contribution in [0.25, 0.3) is 10.9 Å². The zero-order chi connectivity index (χ0) is 16.7. The lowest BCUT2D eigenvalue weighted by atomic mass is 10.1. The van der Waals surface area contributed by atoms with E-state index in [1.165, 1.54) is 0 Å². The minimum atomic E-state index is -0.0339. The zero-order valence-electron chi connectivity index (χ0n) is 13.9. The minimum Gasteiger partial charge on any atom is -0.383 e. The highest BCUT2D eigenvalue weighted by Gasteiger charge is 2.08. The number of hydrogen-bond donors (Lipinski definition) is 2. The Kier molecular flexibility index (Phi) is 6.31. The number of para-hydroxylation sites is 1. The summed E-state index contributed by atoms with van der Waals surface area (Å²) in [6.07, 6.45) is 0. The number of carbonyl (C=O) groups is 1. The van der Waals surface area contributed by atoms with Crippen LogP contribution in [0.4, 0.5) is 5.82 Å². The Hall–Kier alpha value is -2.18. The third-order valence-corrected chi connectivity index (χ3v) is 3.49. The van der Waals surface area contributed by atoms with E-state index in [4.69, 9.17) is 4.74 Å². The van der Waals surface area contributed by atoms with E-state index in [0.29, 0.717) is 19.7 Å². The number of fused-ring (bicyclic) bond motifs is 1. The summed E-state index contributed by atoms with van der Waals surface area (Å²) >= 11 is 0. The van der Waals surface area contributed by atoms with Crippen LogP contribution in [0.15, 0.2) is 30.3 Å². The Bertz CT molecular complexity index is 658. The molecule has 0 aliphatic rings. The van der Waals surface area contributed by atoms with Gasteiger partial charge < -0.3 is 20.3 Å². The Morgan fingerprint density at radius 3 is 2.83 bits per heavy atom. The maximum Gasteiger partial charge on any atom is 0.234 e. The zero-order valence-corrected chi connectivity index (χ0v) is 13.9. The first kappa shape index (κ1) is 17.2. The van der Waals surface area contributed by atoms with Crippen LogP contribution < -0.4 is 15.5 Å². The van der Waals surface area contributed by atoms with Gasteiger partial charge in [-0.1, -0.05) is 18.2 Å². The molecule has 1 heterocycles. The van der Waals surface area contributed by atoms with Crippen molar-refractivity contribution < 1.29 is 9.53 Å². The van der Waals surface area contributed by atoms with Crippen molar-refractivity contribution in [2.24, 2.45) is 0 Å². The number of anilines is 1. The number of ether oxygens (including phenoxy) is 1. The smallest absolute Gasteiger partial charge is 0.234 e. The molecular formula is C17H24N4O2. The molecule has 0 saturated heterocycles. The molecule has 2 rings (SSSR count). The number of rotatable bonds is 8. The molecule has 0 atom stereocenters. The summed E-state index contributed by atoms with van der Waals surface area (Å²) in [6, 6.07) is 9.98. The second-order valence-electron chi connectivity index (χ2n) is 5.50. The summed E-state index contributed by atoms with van der Waals surface area (Å²) in [4.78, 5) is 18.5. The summed E-state index contributed by atoms with van der Waals surface area (Å²) in [5, 5.41) is 7.04. The van der Waals surface area contributed by atoms with Crippen LogP contribution in [-0.2, 0) is 16.1 Å². The first-order valence-corrected chi connectivity index (χ1v) is 7.64. The van der Waals surface area contributed by atoms with Crippen molar-refractivity contribution in [3.63, 3.8) is 0 Å². The van der Waals surface area contributed by atoms with Crippen LogP contribution in [-0.4, -0.2) is 51.8 Å². The van der Waals surface area contributed by atoms with Gasteiger partial charge in [0.05, 0.1) is 18.7 Å². The van der Waals surface area contributed by atoms with Crippen LogP contribution in [0.3, 0.4) is 0 Å². The molecule has 0 aliphatic carbocycles. The molecule has 6 heteroatoms. The second-order valence-corrected chi connectivity index (χ2v) is 5.50. The van der Waals surface area contributed by atoms with Crippen LogP contribution >= 0.6 is 0 Å². The molecule has 0 radical (unpaired) electrons. The number of hydrogen-bond acceptors (Lipinski definition) is 5. The van der Waals surface area contributed by atoms with Gasteiger partial charge >= 0.3 is 0 Å². The Labute approximate surface area is 136 Å². The summed E-state index contributed by atoms with van der Waals surface area (Å²) < 4.78 is 4.93. The number of nitrogens with one attached hydrogen (secondary N) is 2. The molecule has 0 spiro atoms. The maximum absolute atomic E-state index is 11.9. The molecule has 6 nitrogen and oxygen atoms in total. The molecule has 1 aromatic carbocycles. The van der Waals surface area contributed by atoms with Crippen molar-refractivity contribution in [1.29, 1.82) is 0 Å². The van der Waals surface area contributed by atoms with Crippen LogP contribution in [0.5, 0.6) is 0 Å². The third-order valence-electron chi connectivity index (χ3n) is 3.49. The van der Waals surface area contributed by atoms with Crippen LogP contribution in [0, 0.1) is 0 Å². The maximum atomic E-state index is 11.9. The summed E-state index contributed by atoms with van der Waals surface area (Å²) in [6.45, 7) is 2.02. The number of aromatic nitrogens is 1. The molecule has 0 aliphatic heterocycles. The molecule has 2 N–H and O–H groups in total. The lowest BCUT2D eigenvalue weighted by Crippen LogP contribution is -2.34. The van der Waals surface area contributed by atoms with Crippen molar-refractivity contribution in [3.8, 4) is 0 Å². The molecule has 0 fully saturated rings. The number of nitrogens with zero attached hydrogens (tertiary/aromatic N) is 2. The van der Waals surface area contributed by atoms with Gasteiger partial charge in [0.15, 0.2) is 0 Å². The van der Waals surface area contributed by atoms with Gasteiger partial charge in [-0.25, -0.2) is 4.98 Å². The highest BCUT2D eigenvalue weighted by molar-refractivity contribution is 5.85. The van der Waals surface area contributed by atoms with Crippen molar-refractivity contribution in [1.82, 2.24) is 15.6 Å². The molecular weight excluding hydrogens is 292 g/mol. The number of benzene rings is 1. The Balaban J connectivity index is 2.05. The van der Waals surface area contributed by atoms with E-state index in [1.54, 1.807) is 7.11 Å². The second kappa shape index (κ2) is 8.45. The highest BCUT2D eigenvalue weighted by Crippen LogP contribution is 2.21. The predicted molar refractivity (Wildman–Crippen MR) is 92.7 cm³/mol. The Morgan fingerprint density at radius 1 is 1.30 bits per heavy atom. The number of amides is 1. The van der Waals surface area contributed by atoms with E-state index in [9.17, 15) is 4.79 Å². The third kappa shape index (κ3) is 4.91. The topological polar surface area (TPSA) is 66.5 Å². The molecule has 1 aromatic heterocycles. The van der Waals surface area contributed by atoms with Crippen molar-refractivity contribution >= 4 is 22.6 Å². The van der Waals surface area contributed by atoms with Crippen molar-refractivity contribution in [2.75, 3.05) is 45.8 Å². The molecule has 0 saturated carbocycles. The fraction of sp³-hybridized carbons (Fsp3) is 0.412. The predicted octanol–water partition coefficient (Wildman–Crippen LogP) is 1.15. The van der Waals surface area contributed by atoms with Gasteiger partial charge in [0.25, 0.3) is 0 Å². The highest BCUT2D eigenvalue weighted by atomic mass is 16.5. The van der Waals surface area contributed by atoms with E-state index in [0.717, 1.165) is 22.3 Å². The molecule has 0 bridgehead atoms. The van der Waals surface area contributed by atoms with Gasteiger partial charge in [-0.2, -0.15) is 0 Å². The number of carbonyl (C=O) groups excluding carboxylic acids is 1. The molecule has 23 heavy (non-hydrogen) atoms. The van der Waals surface area contributed by atoms with Crippen molar-refractivity contribution in [2.45, 2.75) is 6.54 Å². The lowest BCUT2D eigenvalue weighted by molar-refractivity contribution is -0.120. The fourth-order valence-electron chi connectivity index (χ4n) is 2.24. The molecule has 1 amide bonds. The fourth-order valence-corrected chi connectivity index (χ4v) is 2.24. The Morgan fingerprint density at radius 2 is 2.09 bits per heavy atom. The van der Waals surface area contributed by atoms with Gasteiger partial charge in [-0.05, 0) is 17.7 Å². The van der Waals surface area contributed by atoms with E-state index < -0.39 is 0 Å². The molecule has 2 aromatic rings. The van der Waals surface area contributed by atoms with Crippen LogP contribution in [0.2, 0.25) is 0 Å². The van der Waals surface area contributed by atoms with Crippen LogP contribution in [0.1, 0.15) is 5.56 Å². The van der Waals surface area contributed by atoms with Gasteiger partial charge in [0.2, 0.25) is 5.91 Å².